The average Bonchev–Trinajstić information content (AvgIpc) is 2.76. The molecule has 0 aliphatic heterocycles. The Kier molecular flexibility index (Phi) is 7.96. The number of nitrogens with two attached hydrogens (primary N) is 1. The fraction of sp³-hybridized carbons (Fsp3) is 0.812. The van der Waals surface area contributed by atoms with E-state index in [1.54, 1.807) is 4.68 Å². The molecule has 1 saturated carbocycles. The number of hydrogen-bond acceptors (Lipinski definition) is 4. The smallest absolute Gasteiger partial charge is 0.229 e. The maximum Gasteiger partial charge on any atom is 0.229 e. The first kappa shape index (κ1) is 21.2. The second kappa shape index (κ2) is 9.02. The summed E-state index contributed by atoms with van der Waals surface area (Å²) < 4.78 is 1.75. The van der Waals surface area contributed by atoms with Crippen molar-refractivity contribution < 1.29 is 4.79 Å². The van der Waals surface area contributed by atoms with E-state index in [0.29, 0.717) is 6.54 Å². The zero-order valence-electron chi connectivity index (χ0n) is 14.3. The van der Waals surface area contributed by atoms with Gasteiger partial charge >= 0.3 is 0 Å². The molecular formula is C16H29Cl2N5O. The first-order valence-electron chi connectivity index (χ1n) is 8.54. The molecule has 24 heavy (non-hydrogen) atoms. The lowest BCUT2D eigenvalue weighted by Gasteiger charge is -2.30. The number of carbonyl (C=O) groups excluding carboxylic acids is 1. The van der Waals surface area contributed by atoms with E-state index in [-0.39, 0.29) is 42.2 Å². The summed E-state index contributed by atoms with van der Waals surface area (Å²) >= 11 is 0. The number of nitrogens with one attached hydrogen (secondary N) is 1. The summed E-state index contributed by atoms with van der Waals surface area (Å²) in [6.45, 7) is 0.586. The fourth-order valence-corrected chi connectivity index (χ4v) is 3.87. The molecule has 1 atom stereocenters. The van der Waals surface area contributed by atoms with Crippen LogP contribution in [0.3, 0.4) is 0 Å². The van der Waals surface area contributed by atoms with Crippen LogP contribution >= 0.6 is 24.8 Å². The van der Waals surface area contributed by atoms with Crippen molar-refractivity contribution in [3.63, 3.8) is 0 Å². The van der Waals surface area contributed by atoms with Crippen LogP contribution in [-0.4, -0.2) is 33.0 Å². The predicted molar refractivity (Wildman–Crippen MR) is 98.8 cm³/mol. The van der Waals surface area contributed by atoms with Crippen molar-refractivity contribution in [2.24, 2.45) is 12.8 Å². The van der Waals surface area contributed by atoms with Crippen molar-refractivity contribution >= 4 is 30.7 Å². The highest BCUT2D eigenvalue weighted by molar-refractivity contribution is 5.85. The van der Waals surface area contributed by atoms with Crippen LogP contribution in [0.15, 0.2) is 0 Å². The SMILES string of the molecule is Cl.Cl.Cn1nnc2c1C(C(=O)NCC1(N)CCCCCC1)CCC2. The Morgan fingerprint density at radius 1 is 1.25 bits per heavy atom. The summed E-state index contributed by atoms with van der Waals surface area (Å²) in [6, 6.07) is 0. The lowest BCUT2D eigenvalue weighted by Crippen LogP contribution is -2.50. The van der Waals surface area contributed by atoms with Gasteiger partial charge in [0.2, 0.25) is 5.91 Å². The van der Waals surface area contributed by atoms with Crippen LogP contribution in [0.4, 0.5) is 0 Å². The highest BCUT2D eigenvalue weighted by atomic mass is 35.5. The largest absolute Gasteiger partial charge is 0.354 e. The first-order chi connectivity index (χ1) is 10.6. The second-order valence-corrected chi connectivity index (χ2v) is 6.98. The van der Waals surface area contributed by atoms with E-state index < -0.39 is 0 Å². The minimum atomic E-state index is -0.228. The number of halogens is 2. The van der Waals surface area contributed by atoms with E-state index in [4.69, 9.17) is 5.73 Å². The van der Waals surface area contributed by atoms with Crippen LogP contribution in [0.1, 0.15) is 68.7 Å². The number of amides is 1. The van der Waals surface area contributed by atoms with E-state index in [1.165, 1.54) is 25.7 Å². The average molecular weight is 378 g/mol. The Bertz CT molecular complexity index is 541. The van der Waals surface area contributed by atoms with Gasteiger partial charge in [0.05, 0.1) is 17.3 Å². The van der Waals surface area contributed by atoms with E-state index in [2.05, 4.69) is 15.6 Å². The number of aromatic nitrogens is 3. The van der Waals surface area contributed by atoms with Crippen LogP contribution in [-0.2, 0) is 18.3 Å². The second-order valence-electron chi connectivity index (χ2n) is 6.98. The molecule has 1 unspecified atom stereocenters. The van der Waals surface area contributed by atoms with E-state index >= 15 is 0 Å². The van der Waals surface area contributed by atoms with Crippen LogP contribution < -0.4 is 11.1 Å². The van der Waals surface area contributed by atoms with Crippen molar-refractivity contribution in [3.05, 3.63) is 11.4 Å². The molecule has 0 spiro atoms. The number of rotatable bonds is 3. The number of nitrogens with zero attached hydrogens (tertiary/aromatic N) is 3. The van der Waals surface area contributed by atoms with Crippen molar-refractivity contribution in [2.45, 2.75) is 69.2 Å². The maximum absolute atomic E-state index is 12.6. The van der Waals surface area contributed by atoms with Crippen LogP contribution in [0, 0.1) is 0 Å². The molecule has 0 radical (unpaired) electrons. The standard InChI is InChI=1S/C16H27N5O.2ClH/c1-21-14-12(7-6-8-13(14)19-20-21)15(22)18-11-16(17)9-4-2-3-5-10-16;;/h12H,2-11,17H2,1H3,(H,18,22);2*1H. The van der Waals surface area contributed by atoms with E-state index in [1.807, 2.05) is 7.05 Å². The van der Waals surface area contributed by atoms with Gasteiger partial charge in [-0.1, -0.05) is 30.9 Å². The molecule has 6 nitrogen and oxygen atoms in total. The summed E-state index contributed by atoms with van der Waals surface area (Å²) in [4.78, 5) is 12.6. The highest BCUT2D eigenvalue weighted by Crippen LogP contribution is 2.30. The minimum Gasteiger partial charge on any atom is -0.354 e. The lowest BCUT2D eigenvalue weighted by atomic mass is 9.87. The van der Waals surface area contributed by atoms with Gasteiger partial charge in [-0.2, -0.15) is 0 Å². The Balaban J connectivity index is 0.00000144. The van der Waals surface area contributed by atoms with Gasteiger partial charge in [0.25, 0.3) is 0 Å². The van der Waals surface area contributed by atoms with E-state index in [9.17, 15) is 4.79 Å². The van der Waals surface area contributed by atoms with Crippen molar-refractivity contribution in [3.8, 4) is 0 Å². The van der Waals surface area contributed by atoms with Gasteiger partial charge in [0.15, 0.2) is 0 Å². The number of aryl methyl sites for hydroxylation is 2. The lowest BCUT2D eigenvalue weighted by molar-refractivity contribution is -0.123. The summed E-state index contributed by atoms with van der Waals surface area (Å²) in [6.07, 6.45) is 9.69. The summed E-state index contributed by atoms with van der Waals surface area (Å²) in [7, 11) is 1.87. The molecule has 1 heterocycles. The highest BCUT2D eigenvalue weighted by Gasteiger charge is 2.33. The van der Waals surface area contributed by atoms with Gasteiger partial charge in [-0.15, -0.1) is 29.9 Å². The normalized spacial score (nSPS) is 22.3. The molecule has 3 rings (SSSR count). The third kappa shape index (κ3) is 4.61. The zero-order valence-corrected chi connectivity index (χ0v) is 15.9. The molecule has 2 aliphatic carbocycles. The Hall–Kier alpha value is -0.850. The quantitative estimate of drug-likeness (QED) is 0.790. The van der Waals surface area contributed by atoms with Crippen LogP contribution in [0.25, 0.3) is 0 Å². The Morgan fingerprint density at radius 3 is 2.58 bits per heavy atom. The van der Waals surface area contributed by atoms with Gasteiger partial charge in [0.1, 0.15) is 0 Å². The minimum absolute atomic E-state index is 0. The molecule has 0 aromatic carbocycles. The molecule has 2 aliphatic rings. The van der Waals surface area contributed by atoms with Crippen molar-refractivity contribution in [2.75, 3.05) is 6.54 Å². The number of fused-ring (bicyclic) bond motifs is 1. The third-order valence-corrected chi connectivity index (χ3v) is 5.21. The number of carbonyl (C=O) groups is 1. The molecule has 3 N–H and O–H groups in total. The van der Waals surface area contributed by atoms with Gasteiger partial charge in [-0.25, -0.2) is 0 Å². The predicted octanol–water partition coefficient (Wildman–Crippen LogP) is 2.25. The topological polar surface area (TPSA) is 85.8 Å². The van der Waals surface area contributed by atoms with Crippen molar-refractivity contribution in [1.82, 2.24) is 20.3 Å². The fourth-order valence-electron chi connectivity index (χ4n) is 3.87. The molecule has 1 aromatic rings. The van der Waals surface area contributed by atoms with Gasteiger partial charge in [-0.05, 0) is 32.1 Å². The summed E-state index contributed by atoms with van der Waals surface area (Å²) in [5.74, 6) is -0.0430. The van der Waals surface area contributed by atoms with Crippen molar-refractivity contribution in [1.29, 1.82) is 0 Å². The Labute approximate surface area is 156 Å². The van der Waals surface area contributed by atoms with Gasteiger partial charge in [-0.3, -0.25) is 9.48 Å². The zero-order chi connectivity index (χ0) is 15.6. The van der Waals surface area contributed by atoms with Crippen LogP contribution in [0.5, 0.6) is 0 Å². The summed E-state index contributed by atoms with van der Waals surface area (Å²) in [5, 5.41) is 11.4. The van der Waals surface area contributed by atoms with Gasteiger partial charge < -0.3 is 11.1 Å². The molecule has 1 fully saturated rings. The van der Waals surface area contributed by atoms with Gasteiger partial charge in [0, 0.05) is 19.1 Å². The summed E-state index contributed by atoms with van der Waals surface area (Å²) in [5.41, 5.74) is 8.23. The molecule has 138 valence electrons. The molecule has 1 aromatic heterocycles. The Morgan fingerprint density at radius 2 is 1.92 bits per heavy atom. The number of hydrogen-bond donors (Lipinski definition) is 2. The third-order valence-electron chi connectivity index (χ3n) is 5.21. The molecule has 0 bridgehead atoms. The maximum atomic E-state index is 12.6. The molecule has 0 saturated heterocycles. The molecular weight excluding hydrogens is 349 g/mol. The van der Waals surface area contributed by atoms with Crippen LogP contribution in [0.2, 0.25) is 0 Å². The monoisotopic (exact) mass is 377 g/mol. The first-order valence-corrected chi connectivity index (χ1v) is 8.54. The molecule has 8 heteroatoms. The van der Waals surface area contributed by atoms with E-state index in [0.717, 1.165) is 43.5 Å². The molecule has 1 amide bonds.